The Labute approximate surface area is 155 Å². The van der Waals surface area contributed by atoms with Crippen LogP contribution in [-0.2, 0) is 19.9 Å². The van der Waals surface area contributed by atoms with Crippen LogP contribution in [0, 0.1) is 12.3 Å². The van der Waals surface area contributed by atoms with Gasteiger partial charge in [-0.15, -0.1) is 0 Å². The third-order valence-electron chi connectivity index (χ3n) is 4.91. The highest BCUT2D eigenvalue weighted by Crippen LogP contribution is 2.52. The van der Waals surface area contributed by atoms with Crippen molar-refractivity contribution in [3.63, 3.8) is 0 Å². The fraction of sp³-hybridized carbons (Fsp3) is 0.714. The fourth-order valence-electron chi connectivity index (χ4n) is 2.81. The van der Waals surface area contributed by atoms with Gasteiger partial charge in [0.2, 0.25) is 0 Å². The van der Waals surface area contributed by atoms with Gasteiger partial charge in [0.15, 0.2) is 0 Å². The summed E-state index contributed by atoms with van der Waals surface area (Å²) in [4.78, 5) is 0. The molecule has 0 atom stereocenters. The van der Waals surface area contributed by atoms with Gasteiger partial charge < -0.3 is 13.6 Å². The number of rotatable bonds is 3. The highest BCUT2D eigenvalue weighted by Gasteiger charge is 2.36. The molecule has 3 nitrogen and oxygen atoms in total. The average molecular weight is 366 g/mol. The van der Waals surface area contributed by atoms with E-state index < -0.39 is 8.60 Å². The van der Waals surface area contributed by atoms with Crippen LogP contribution in [-0.4, -0.2) is 13.2 Å². The second-order valence-corrected chi connectivity index (χ2v) is 10.9. The molecule has 25 heavy (non-hydrogen) atoms. The highest BCUT2D eigenvalue weighted by atomic mass is 31.2. The molecule has 2 rings (SSSR count). The third kappa shape index (κ3) is 4.96. The minimum absolute atomic E-state index is 0.00952. The lowest BCUT2D eigenvalue weighted by Gasteiger charge is -2.36. The van der Waals surface area contributed by atoms with E-state index in [9.17, 15) is 0 Å². The van der Waals surface area contributed by atoms with Crippen LogP contribution in [0.1, 0.15) is 78.5 Å². The van der Waals surface area contributed by atoms with Gasteiger partial charge in [-0.25, -0.2) is 0 Å². The Morgan fingerprint density at radius 2 is 1.44 bits per heavy atom. The summed E-state index contributed by atoms with van der Waals surface area (Å²) in [6, 6.07) is 4.47. The largest absolute Gasteiger partial charge is 0.426 e. The monoisotopic (exact) mass is 366 g/mol. The zero-order valence-corrected chi connectivity index (χ0v) is 18.3. The molecule has 0 saturated carbocycles. The summed E-state index contributed by atoms with van der Waals surface area (Å²) in [5.74, 6) is 0.941. The Balaban J connectivity index is 2.39. The molecule has 1 heterocycles. The zero-order chi connectivity index (χ0) is 19.0. The quantitative estimate of drug-likeness (QED) is 0.560. The Kier molecular flexibility index (Phi) is 5.94. The van der Waals surface area contributed by atoms with Gasteiger partial charge in [0.25, 0.3) is 0 Å². The molecule has 0 spiro atoms. The average Bonchev–Trinajstić information content (AvgIpc) is 2.49. The van der Waals surface area contributed by atoms with Crippen molar-refractivity contribution < 1.29 is 13.6 Å². The second kappa shape index (κ2) is 7.18. The molecule has 0 aliphatic carbocycles. The van der Waals surface area contributed by atoms with Gasteiger partial charge in [-0.1, -0.05) is 73.1 Å². The lowest BCUT2D eigenvalue weighted by molar-refractivity contribution is 0.0277. The van der Waals surface area contributed by atoms with E-state index in [0.717, 1.165) is 12.2 Å². The van der Waals surface area contributed by atoms with Gasteiger partial charge in [-0.05, 0) is 24.2 Å². The first-order valence-electron chi connectivity index (χ1n) is 9.25. The first kappa shape index (κ1) is 20.7. The normalized spacial score (nSPS) is 25.1. The molecule has 1 aliphatic heterocycles. The molecule has 1 aromatic carbocycles. The Bertz CT molecular complexity index is 568. The molecular formula is C21H35O3P. The summed E-state index contributed by atoms with van der Waals surface area (Å²) in [6.45, 7) is 21.3. The van der Waals surface area contributed by atoms with Crippen LogP contribution in [0.15, 0.2) is 12.1 Å². The van der Waals surface area contributed by atoms with Gasteiger partial charge in [-0.3, -0.25) is 0 Å². The van der Waals surface area contributed by atoms with E-state index in [2.05, 4.69) is 74.4 Å². The Hall–Kier alpha value is -0.630. The van der Waals surface area contributed by atoms with Crippen LogP contribution < -0.4 is 4.52 Å². The van der Waals surface area contributed by atoms with Crippen molar-refractivity contribution in [3.05, 3.63) is 28.8 Å². The Morgan fingerprint density at radius 1 is 1.00 bits per heavy atom. The van der Waals surface area contributed by atoms with Crippen LogP contribution in [0.5, 0.6) is 5.75 Å². The molecule has 0 amide bonds. The molecule has 1 saturated heterocycles. The molecular weight excluding hydrogens is 331 g/mol. The standard InChI is InChI=1S/C21H35O3P/c1-10-21(9)13-22-25(23-14-21)24-18-16(19(3,4)5)11-15(2)12-17(18)20(6,7)8/h11-12H,10,13-14H2,1-9H3. The molecule has 0 radical (unpaired) electrons. The SMILES string of the molecule is CCC1(C)COP(Oc2c(C(C)(C)C)cc(C)cc2C(C)(C)C)OC1. The molecule has 142 valence electrons. The van der Waals surface area contributed by atoms with E-state index in [-0.39, 0.29) is 16.2 Å². The zero-order valence-electron chi connectivity index (χ0n) is 17.4. The molecule has 0 bridgehead atoms. The molecule has 0 unspecified atom stereocenters. The summed E-state index contributed by atoms with van der Waals surface area (Å²) >= 11 is 0. The van der Waals surface area contributed by atoms with Gasteiger partial charge in [0, 0.05) is 16.5 Å². The number of benzene rings is 1. The second-order valence-electron chi connectivity index (χ2n) is 9.72. The lowest BCUT2D eigenvalue weighted by Crippen LogP contribution is -2.31. The van der Waals surface area contributed by atoms with E-state index >= 15 is 0 Å². The van der Waals surface area contributed by atoms with Crippen LogP contribution in [0.25, 0.3) is 0 Å². The smallest absolute Gasteiger partial charge is 0.397 e. The lowest BCUT2D eigenvalue weighted by atomic mass is 9.78. The van der Waals surface area contributed by atoms with Crippen molar-refractivity contribution in [3.8, 4) is 5.75 Å². The van der Waals surface area contributed by atoms with E-state index in [1.165, 1.54) is 16.7 Å². The molecule has 0 N–H and O–H groups in total. The number of hydrogen-bond donors (Lipinski definition) is 0. The minimum Gasteiger partial charge on any atom is -0.426 e. The first-order chi connectivity index (χ1) is 11.4. The molecule has 0 aromatic heterocycles. The Morgan fingerprint density at radius 3 is 1.80 bits per heavy atom. The topological polar surface area (TPSA) is 27.7 Å². The minimum atomic E-state index is -1.35. The summed E-state index contributed by atoms with van der Waals surface area (Å²) < 4.78 is 18.3. The van der Waals surface area contributed by atoms with E-state index in [0.29, 0.717) is 13.2 Å². The molecule has 4 heteroatoms. The van der Waals surface area contributed by atoms with Crippen molar-refractivity contribution in [2.45, 2.75) is 79.6 Å². The van der Waals surface area contributed by atoms with Crippen molar-refractivity contribution in [1.29, 1.82) is 0 Å². The van der Waals surface area contributed by atoms with Gasteiger partial charge in [0.1, 0.15) is 5.75 Å². The van der Waals surface area contributed by atoms with Crippen molar-refractivity contribution >= 4 is 8.60 Å². The molecule has 1 fully saturated rings. The van der Waals surface area contributed by atoms with Gasteiger partial charge in [-0.2, -0.15) is 0 Å². The van der Waals surface area contributed by atoms with Crippen LogP contribution in [0.3, 0.4) is 0 Å². The van der Waals surface area contributed by atoms with Gasteiger partial charge >= 0.3 is 8.60 Å². The van der Waals surface area contributed by atoms with Crippen molar-refractivity contribution in [2.24, 2.45) is 5.41 Å². The van der Waals surface area contributed by atoms with Crippen LogP contribution in [0.2, 0.25) is 0 Å². The predicted octanol–water partition coefficient (Wildman–Crippen LogP) is 6.66. The van der Waals surface area contributed by atoms with E-state index in [1.807, 2.05) is 0 Å². The van der Waals surface area contributed by atoms with Crippen LogP contribution in [0.4, 0.5) is 0 Å². The maximum absolute atomic E-state index is 6.38. The molecule has 1 aromatic rings. The van der Waals surface area contributed by atoms with Gasteiger partial charge in [0.05, 0.1) is 13.2 Å². The summed E-state index contributed by atoms with van der Waals surface area (Å²) in [5.41, 5.74) is 3.77. The van der Waals surface area contributed by atoms with Crippen molar-refractivity contribution in [1.82, 2.24) is 0 Å². The number of hydrogen-bond acceptors (Lipinski definition) is 3. The summed E-state index contributed by atoms with van der Waals surface area (Å²) in [7, 11) is -1.35. The third-order valence-corrected chi connectivity index (χ3v) is 5.92. The summed E-state index contributed by atoms with van der Waals surface area (Å²) in [6.07, 6.45) is 1.04. The fourth-order valence-corrected chi connectivity index (χ4v) is 4.17. The van der Waals surface area contributed by atoms with E-state index in [1.54, 1.807) is 0 Å². The predicted molar refractivity (Wildman–Crippen MR) is 106 cm³/mol. The van der Waals surface area contributed by atoms with Crippen LogP contribution >= 0.6 is 8.60 Å². The van der Waals surface area contributed by atoms with Crippen molar-refractivity contribution in [2.75, 3.05) is 13.2 Å². The maximum atomic E-state index is 6.38. The van der Waals surface area contributed by atoms with E-state index in [4.69, 9.17) is 13.6 Å². The first-order valence-corrected chi connectivity index (χ1v) is 10.3. The number of aryl methyl sites for hydroxylation is 1. The summed E-state index contributed by atoms with van der Waals surface area (Å²) in [5, 5.41) is 0. The maximum Gasteiger partial charge on any atom is 0.397 e. The highest BCUT2D eigenvalue weighted by molar-refractivity contribution is 7.42. The molecule has 1 aliphatic rings.